The number of anilines is 1. The first-order valence-electron chi connectivity index (χ1n) is 7.90. The minimum atomic E-state index is -0.131. The third-order valence-electron chi connectivity index (χ3n) is 3.82. The molecule has 0 saturated heterocycles. The van der Waals surface area contributed by atoms with Crippen LogP contribution in [0.5, 0.6) is 0 Å². The molecule has 0 unspecified atom stereocenters. The van der Waals surface area contributed by atoms with Crippen molar-refractivity contribution in [1.82, 2.24) is 0 Å². The summed E-state index contributed by atoms with van der Waals surface area (Å²) < 4.78 is 5.88. The zero-order valence-electron chi connectivity index (χ0n) is 13.9. The Morgan fingerprint density at radius 3 is 2.58 bits per heavy atom. The lowest BCUT2D eigenvalue weighted by Crippen LogP contribution is -2.17. The standard InChI is InChI=1S/C20H19NO3/c1-12(2)20(23)21-15-7-8-18-16(10-15)17(22)11-19(24-18)14-6-4-5-13(3)9-14/h4-12H,1-3H3,(H,21,23). The Balaban J connectivity index is 2.04. The van der Waals surface area contributed by atoms with Crippen molar-refractivity contribution in [3.8, 4) is 11.3 Å². The van der Waals surface area contributed by atoms with Crippen LogP contribution >= 0.6 is 0 Å². The number of fused-ring (bicyclic) bond motifs is 1. The topological polar surface area (TPSA) is 59.3 Å². The third kappa shape index (κ3) is 3.23. The van der Waals surface area contributed by atoms with E-state index in [2.05, 4.69) is 5.32 Å². The van der Waals surface area contributed by atoms with E-state index in [9.17, 15) is 9.59 Å². The van der Waals surface area contributed by atoms with Gasteiger partial charge in [0.1, 0.15) is 11.3 Å². The van der Waals surface area contributed by atoms with Crippen LogP contribution in [0.15, 0.2) is 57.7 Å². The number of carbonyl (C=O) groups is 1. The second-order valence-electron chi connectivity index (χ2n) is 6.20. The van der Waals surface area contributed by atoms with Crippen molar-refractivity contribution in [3.63, 3.8) is 0 Å². The molecule has 0 aliphatic rings. The highest BCUT2D eigenvalue weighted by molar-refractivity contribution is 5.94. The van der Waals surface area contributed by atoms with E-state index in [1.54, 1.807) is 18.2 Å². The van der Waals surface area contributed by atoms with Crippen molar-refractivity contribution in [3.05, 3.63) is 64.3 Å². The number of benzene rings is 2. The first-order valence-corrected chi connectivity index (χ1v) is 7.90. The molecule has 1 aromatic heterocycles. The zero-order valence-corrected chi connectivity index (χ0v) is 13.9. The SMILES string of the molecule is Cc1cccc(-c2cc(=O)c3cc(NC(=O)C(C)C)ccc3o2)c1. The molecule has 0 fully saturated rings. The van der Waals surface area contributed by atoms with Crippen LogP contribution in [-0.2, 0) is 4.79 Å². The minimum absolute atomic E-state index is 0.0879. The van der Waals surface area contributed by atoms with E-state index in [1.165, 1.54) is 6.07 Å². The molecule has 0 radical (unpaired) electrons. The molecule has 3 aromatic rings. The summed E-state index contributed by atoms with van der Waals surface area (Å²) >= 11 is 0. The summed E-state index contributed by atoms with van der Waals surface area (Å²) in [5.74, 6) is 0.325. The van der Waals surface area contributed by atoms with E-state index < -0.39 is 0 Å². The Morgan fingerprint density at radius 1 is 1.08 bits per heavy atom. The summed E-state index contributed by atoms with van der Waals surface area (Å²) in [5, 5.41) is 3.25. The van der Waals surface area contributed by atoms with E-state index in [-0.39, 0.29) is 17.3 Å². The Kier molecular flexibility index (Phi) is 4.21. The normalized spacial score (nSPS) is 11.0. The molecule has 4 heteroatoms. The van der Waals surface area contributed by atoms with Crippen molar-refractivity contribution in [2.45, 2.75) is 20.8 Å². The monoisotopic (exact) mass is 321 g/mol. The van der Waals surface area contributed by atoms with Gasteiger partial charge >= 0.3 is 0 Å². The number of nitrogens with one attached hydrogen (secondary N) is 1. The average Bonchev–Trinajstić information content (AvgIpc) is 2.55. The van der Waals surface area contributed by atoms with Crippen LogP contribution in [-0.4, -0.2) is 5.91 Å². The van der Waals surface area contributed by atoms with E-state index in [1.807, 2.05) is 45.0 Å². The van der Waals surface area contributed by atoms with Gasteiger partial charge in [0.15, 0.2) is 5.43 Å². The molecule has 0 bridgehead atoms. The highest BCUT2D eigenvalue weighted by atomic mass is 16.3. The summed E-state index contributed by atoms with van der Waals surface area (Å²) in [7, 11) is 0. The van der Waals surface area contributed by atoms with Gasteiger partial charge in [0.05, 0.1) is 5.39 Å². The molecule has 1 N–H and O–H groups in total. The fraction of sp³-hybridized carbons (Fsp3) is 0.200. The molecule has 0 aliphatic carbocycles. The zero-order chi connectivity index (χ0) is 17.3. The van der Waals surface area contributed by atoms with Gasteiger partial charge in [-0.2, -0.15) is 0 Å². The largest absolute Gasteiger partial charge is 0.456 e. The predicted octanol–water partition coefficient (Wildman–Crippen LogP) is 4.36. The van der Waals surface area contributed by atoms with Crippen molar-refractivity contribution in [2.24, 2.45) is 5.92 Å². The molecule has 24 heavy (non-hydrogen) atoms. The molecular weight excluding hydrogens is 302 g/mol. The van der Waals surface area contributed by atoms with Gasteiger partial charge < -0.3 is 9.73 Å². The number of amides is 1. The maximum atomic E-state index is 12.5. The third-order valence-corrected chi connectivity index (χ3v) is 3.82. The molecule has 0 spiro atoms. The molecule has 4 nitrogen and oxygen atoms in total. The van der Waals surface area contributed by atoms with Gasteiger partial charge in [-0.25, -0.2) is 0 Å². The average molecular weight is 321 g/mol. The quantitative estimate of drug-likeness (QED) is 0.779. The maximum Gasteiger partial charge on any atom is 0.226 e. The van der Waals surface area contributed by atoms with Gasteiger partial charge in [-0.15, -0.1) is 0 Å². The lowest BCUT2D eigenvalue weighted by molar-refractivity contribution is -0.118. The molecule has 0 aliphatic heterocycles. The molecule has 3 rings (SSSR count). The summed E-state index contributed by atoms with van der Waals surface area (Å²) in [5.41, 5.74) is 2.93. The number of hydrogen-bond acceptors (Lipinski definition) is 3. The molecule has 0 saturated carbocycles. The first-order chi connectivity index (χ1) is 11.4. The van der Waals surface area contributed by atoms with E-state index in [4.69, 9.17) is 4.42 Å². The van der Waals surface area contributed by atoms with Crippen molar-refractivity contribution < 1.29 is 9.21 Å². The molecule has 2 aromatic carbocycles. The van der Waals surface area contributed by atoms with Gasteiger partial charge in [0, 0.05) is 23.2 Å². The Labute approximate surface area is 140 Å². The fourth-order valence-corrected chi connectivity index (χ4v) is 2.46. The van der Waals surface area contributed by atoms with E-state index >= 15 is 0 Å². The molecular formula is C20H19NO3. The van der Waals surface area contributed by atoms with Gasteiger partial charge in [0.25, 0.3) is 0 Å². The minimum Gasteiger partial charge on any atom is -0.456 e. The molecule has 1 heterocycles. The maximum absolute atomic E-state index is 12.5. The molecule has 1 amide bonds. The van der Waals surface area contributed by atoms with Crippen LogP contribution in [0, 0.1) is 12.8 Å². The van der Waals surface area contributed by atoms with Crippen LogP contribution in [0.2, 0.25) is 0 Å². The lowest BCUT2D eigenvalue weighted by atomic mass is 10.1. The van der Waals surface area contributed by atoms with Crippen LogP contribution in [0.4, 0.5) is 5.69 Å². The summed E-state index contributed by atoms with van der Waals surface area (Å²) in [6.07, 6.45) is 0. The van der Waals surface area contributed by atoms with E-state index in [0.29, 0.717) is 22.4 Å². The summed E-state index contributed by atoms with van der Waals surface area (Å²) in [6, 6.07) is 14.4. The van der Waals surface area contributed by atoms with Gasteiger partial charge in [-0.05, 0) is 31.2 Å². The van der Waals surface area contributed by atoms with Crippen LogP contribution in [0.1, 0.15) is 19.4 Å². The number of carbonyl (C=O) groups excluding carboxylic acids is 1. The van der Waals surface area contributed by atoms with Crippen LogP contribution in [0.25, 0.3) is 22.3 Å². The van der Waals surface area contributed by atoms with Crippen LogP contribution < -0.4 is 10.7 Å². The van der Waals surface area contributed by atoms with Gasteiger partial charge in [0.2, 0.25) is 5.91 Å². The molecule has 0 atom stereocenters. The fourth-order valence-electron chi connectivity index (χ4n) is 2.46. The second kappa shape index (κ2) is 6.32. The number of hydrogen-bond donors (Lipinski definition) is 1. The van der Waals surface area contributed by atoms with Crippen LogP contribution in [0.3, 0.4) is 0 Å². The van der Waals surface area contributed by atoms with Crippen molar-refractivity contribution in [2.75, 3.05) is 5.32 Å². The first kappa shape index (κ1) is 16.0. The Hall–Kier alpha value is -2.88. The summed E-state index contributed by atoms with van der Waals surface area (Å²) in [4.78, 5) is 24.2. The van der Waals surface area contributed by atoms with Gasteiger partial charge in [-0.3, -0.25) is 9.59 Å². The highest BCUT2D eigenvalue weighted by Crippen LogP contribution is 2.24. The summed E-state index contributed by atoms with van der Waals surface area (Å²) in [6.45, 7) is 5.63. The number of aryl methyl sites for hydroxylation is 1. The molecule has 122 valence electrons. The van der Waals surface area contributed by atoms with E-state index in [0.717, 1.165) is 11.1 Å². The van der Waals surface area contributed by atoms with Crippen molar-refractivity contribution >= 4 is 22.6 Å². The second-order valence-corrected chi connectivity index (χ2v) is 6.20. The number of rotatable bonds is 3. The van der Waals surface area contributed by atoms with Gasteiger partial charge in [-0.1, -0.05) is 37.6 Å². The van der Waals surface area contributed by atoms with Crippen molar-refractivity contribution in [1.29, 1.82) is 0 Å². The highest BCUT2D eigenvalue weighted by Gasteiger charge is 2.11. The Morgan fingerprint density at radius 2 is 1.88 bits per heavy atom. The predicted molar refractivity (Wildman–Crippen MR) is 96.1 cm³/mol. The smallest absolute Gasteiger partial charge is 0.226 e. The lowest BCUT2D eigenvalue weighted by Gasteiger charge is -2.09. The Bertz CT molecular complexity index is 970.